The van der Waals surface area contributed by atoms with Crippen LogP contribution in [0.25, 0.3) is 0 Å². The number of carbonyl (C=O) groups is 6. The molecule has 0 saturated carbocycles. The molecule has 4 heterocycles. The van der Waals surface area contributed by atoms with Crippen molar-refractivity contribution in [3.63, 3.8) is 0 Å². The van der Waals surface area contributed by atoms with Crippen LogP contribution in [0.2, 0.25) is 0 Å². The summed E-state index contributed by atoms with van der Waals surface area (Å²) in [6.07, 6.45) is -8.42. The van der Waals surface area contributed by atoms with E-state index in [1.165, 1.54) is 65.4 Å². The van der Waals surface area contributed by atoms with Crippen molar-refractivity contribution in [3.05, 3.63) is 193 Å². The highest BCUT2D eigenvalue weighted by Gasteiger charge is 2.60. The van der Waals surface area contributed by atoms with Gasteiger partial charge in [-0.3, -0.25) is 38.6 Å². The number of piperazine rings is 2. The van der Waals surface area contributed by atoms with E-state index in [0.29, 0.717) is 28.8 Å². The van der Waals surface area contributed by atoms with E-state index in [2.05, 4.69) is 33.2 Å². The van der Waals surface area contributed by atoms with Crippen LogP contribution in [0.5, 0.6) is 0 Å². The molecule has 0 bridgehead atoms. The second-order valence-electron chi connectivity index (χ2n) is 19.6. The number of anilines is 3. The Hall–Kier alpha value is -8.75. The lowest BCUT2D eigenvalue weighted by Crippen LogP contribution is -2.81. The number of rotatable bonds is 10. The highest BCUT2D eigenvalue weighted by molar-refractivity contribution is 14.1. The molecule has 0 aromatic heterocycles. The van der Waals surface area contributed by atoms with Crippen LogP contribution in [0, 0.1) is 37.9 Å². The molecule has 4 fully saturated rings. The molecular formula is C60H52F8IN9O6. The third kappa shape index (κ3) is 13.0. The Morgan fingerprint density at radius 2 is 1.08 bits per heavy atom. The molecule has 6 aromatic rings. The first kappa shape index (κ1) is 62.8. The maximum atomic E-state index is 15.0. The largest absolute Gasteiger partial charge is 0.416 e. The monoisotopic (exact) mass is 1270 g/mol. The van der Waals surface area contributed by atoms with Crippen molar-refractivity contribution in [1.29, 1.82) is 10.5 Å². The van der Waals surface area contributed by atoms with Crippen LogP contribution < -0.4 is 25.3 Å². The standard InChI is InChI=1S/C29H23F4N5O3.C21H16F4N4O2.C9H9IO.CH4/c1-35-26(40)20-3-2-4-22(12-20)36-16-28(17-36)27(41)37(24-10-7-19(13-34)11-23(24)30)15-25(39)38(28)14-18-5-8-21(9-6-18)29(31,32)33;22-16-7-14(8-26)3-6-17(16)28-10-18(30)29(20(19(28)31)11-27-12-20)9-13-1-4-15(5-2-13)21(23,24)25;1-2-9(11)7-4-3-5-8(10)6-7;/h2-12H,14-17H2,1H3,(H,35,40);1-7,27H,9-12H2;3-6H,2H2,1H3;1H4. The predicted molar refractivity (Wildman–Crippen MR) is 302 cm³/mol. The van der Waals surface area contributed by atoms with Gasteiger partial charge in [-0.15, -0.1) is 0 Å². The van der Waals surface area contributed by atoms with Crippen molar-refractivity contribution >= 4 is 75.0 Å². The molecule has 24 heteroatoms. The van der Waals surface area contributed by atoms with Crippen LogP contribution in [0.3, 0.4) is 0 Å². The minimum atomic E-state index is -4.53. The van der Waals surface area contributed by atoms with Gasteiger partial charge in [-0.2, -0.15) is 36.9 Å². The molecular weight excluding hydrogens is 1220 g/mol. The number of benzene rings is 6. The average molecular weight is 1270 g/mol. The second-order valence-corrected chi connectivity index (χ2v) is 20.9. The Morgan fingerprint density at radius 1 is 0.631 bits per heavy atom. The molecule has 2 N–H and O–H groups in total. The highest BCUT2D eigenvalue weighted by Crippen LogP contribution is 2.41. The molecule has 4 aliphatic heterocycles. The van der Waals surface area contributed by atoms with E-state index < -0.39 is 82.9 Å². The number of nitrogens with one attached hydrogen (secondary N) is 2. The number of hydrogen-bond donors (Lipinski definition) is 2. The molecule has 0 aliphatic carbocycles. The first-order valence-electron chi connectivity index (χ1n) is 25.4. The van der Waals surface area contributed by atoms with E-state index in [9.17, 15) is 63.9 Å². The van der Waals surface area contributed by atoms with Gasteiger partial charge in [0.05, 0.1) is 58.9 Å². The molecule has 0 atom stereocenters. The molecule has 436 valence electrons. The van der Waals surface area contributed by atoms with Crippen LogP contribution in [0.4, 0.5) is 52.2 Å². The summed E-state index contributed by atoms with van der Waals surface area (Å²) in [6.45, 7) is 1.09. The molecule has 10 rings (SSSR count). The van der Waals surface area contributed by atoms with Gasteiger partial charge in [0.2, 0.25) is 11.8 Å². The van der Waals surface area contributed by atoms with Gasteiger partial charge in [-0.25, -0.2) is 8.78 Å². The van der Waals surface area contributed by atoms with Gasteiger partial charge >= 0.3 is 12.4 Å². The number of amides is 5. The van der Waals surface area contributed by atoms with Crippen molar-refractivity contribution in [1.82, 2.24) is 20.4 Å². The van der Waals surface area contributed by atoms with Crippen LogP contribution >= 0.6 is 22.6 Å². The van der Waals surface area contributed by atoms with Crippen LogP contribution in [-0.2, 0) is 44.6 Å². The summed E-state index contributed by atoms with van der Waals surface area (Å²) in [5, 5.41) is 23.5. The number of nitrogens with zero attached hydrogens (tertiary/aromatic N) is 7. The Balaban J connectivity index is 0.000000207. The summed E-state index contributed by atoms with van der Waals surface area (Å²) in [5.74, 6) is -3.75. The number of halogens is 9. The zero-order valence-electron chi connectivity index (χ0n) is 44.0. The quantitative estimate of drug-likeness (QED) is 0.0759. The fourth-order valence-corrected chi connectivity index (χ4v) is 10.4. The lowest BCUT2D eigenvalue weighted by atomic mass is 9.82. The van der Waals surface area contributed by atoms with E-state index in [0.717, 1.165) is 55.3 Å². The molecule has 6 aromatic carbocycles. The van der Waals surface area contributed by atoms with Crippen molar-refractivity contribution in [2.24, 2.45) is 0 Å². The smallest absolute Gasteiger partial charge is 0.366 e. The van der Waals surface area contributed by atoms with Gasteiger partial charge in [-0.1, -0.05) is 56.8 Å². The second kappa shape index (κ2) is 25.4. The summed E-state index contributed by atoms with van der Waals surface area (Å²) in [7, 11) is 1.50. The number of carbonyl (C=O) groups excluding carboxylic acids is 6. The summed E-state index contributed by atoms with van der Waals surface area (Å²) in [4.78, 5) is 83.6. The first-order valence-corrected chi connectivity index (χ1v) is 26.5. The van der Waals surface area contributed by atoms with Gasteiger partial charge in [0.1, 0.15) is 30.3 Å². The number of nitriles is 2. The average Bonchev–Trinajstić information content (AvgIpc) is 1.03. The summed E-state index contributed by atoms with van der Waals surface area (Å²) in [6, 6.07) is 33.9. The Kier molecular flexibility index (Phi) is 19.0. The molecule has 4 saturated heterocycles. The van der Waals surface area contributed by atoms with Crippen molar-refractivity contribution < 1.29 is 63.9 Å². The SMILES string of the molecule is C.CCC(=O)c1cccc(I)c1.CNC(=O)c1cccc(N2CC3(C2)C(=O)N(c2ccc(C#N)cc2F)CC(=O)N3Cc2ccc(C(F)(F)F)cc2)c1.N#Cc1ccc(N2CC(=O)N(Cc3ccc(C(F)(F)F)cc3)C3(CNC3)C2=O)c(F)c1. The Labute approximate surface area is 491 Å². The van der Waals surface area contributed by atoms with Crippen LogP contribution in [0.15, 0.2) is 133 Å². The van der Waals surface area contributed by atoms with Gasteiger partial charge in [0.25, 0.3) is 17.7 Å². The van der Waals surface area contributed by atoms with E-state index in [4.69, 9.17) is 10.5 Å². The van der Waals surface area contributed by atoms with E-state index in [1.807, 2.05) is 37.3 Å². The van der Waals surface area contributed by atoms with Gasteiger partial charge in [0.15, 0.2) is 11.3 Å². The third-order valence-electron chi connectivity index (χ3n) is 14.4. The van der Waals surface area contributed by atoms with E-state index in [1.54, 1.807) is 35.2 Å². The lowest BCUT2D eigenvalue weighted by Gasteiger charge is -2.58. The first-order chi connectivity index (χ1) is 39.4. The molecule has 15 nitrogen and oxygen atoms in total. The highest BCUT2D eigenvalue weighted by atomic mass is 127. The summed E-state index contributed by atoms with van der Waals surface area (Å²) < 4.78 is 108. The number of hydrogen-bond acceptors (Lipinski definition) is 10. The van der Waals surface area contributed by atoms with Crippen LogP contribution in [0.1, 0.15) is 74.9 Å². The zero-order valence-corrected chi connectivity index (χ0v) is 46.2. The maximum Gasteiger partial charge on any atom is 0.416 e. The molecule has 2 spiro atoms. The minimum absolute atomic E-state index is 0. The summed E-state index contributed by atoms with van der Waals surface area (Å²) >= 11 is 2.20. The Morgan fingerprint density at radius 3 is 1.49 bits per heavy atom. The Bertz CT molecular complexity index is 3600. The number of alkyl halides is 6. The molecule has 0 radical (unpaired) electrons. The van der Waals surface area contributed by atoms with Crippen molar-refractivity contribution in [2.45, 2.75) is 57.3 Å². The van der Waals surface area contributed by atoms with Crippen LogP contribution in [-0.4, -0.2) is 103 Å². The minimum Gasteiger partial charge on any atom is -0.366 e. The maximum absolute atomic E-state index is 15.0. The molecule has 0 unspecified atom stereocenters. The molecule has 4 aliphatic rings. The number of ketones is 1. The zero-order chi connectivity index (χ0) is 60.2. The van der Waals surface area contributed by atoms with E-state index in [-0.39, 0.29) is 80.9 Å². The lowest BCUT2D eigenvalue weighted by molar-refractivity contribution is -0.155. The van der Waals surface area contributed by atoms with Gasteiger partial charge in [0, 0.05) is 60.0 Å². The predicted octanol–water partition coefficient (Wildman–Crippen LogP) is 9.66. The van der Waals surface area contributed by atoms with Crippen molar-refractivity contribution in [2.75, 3.05) is 61.0 Å². The topological polar surface area (TPSA) is 190 Å². The third-order valence-corrected chi connectivity index (χ3v) is 15.1. The molecule has 84 heavy (non-hydrogen) atoms. The van der Waals surface area contributed by atoms with Crippen molar-refractivity contribution in [3.8, 4) is 12.1 Å². The number of Topliss-reactive ketones (excluding diaryl/α,β-unsaturated/α-hetero) is 1. The van der Waals surface area contributed by atoms with Gasteiger partial charge < -0.3 is 25.3 Å². The van der Waals surface area contributed by atoms with E-state index >= 15 is 0 Å². The fraction of sp³-hybridized carbons (Fsp3) is 0.267. The normalized spacial score (nSPS) is 16.0. The summed E-state index contributed by atoms with van der Waals surface area (Å²) in [5.41, 5.74) is -1.83. The molecule has 5 amide bonds. The van der Waals surface area contributed by atoms with Gasteiger partial charge in [-0.05, 0) is 125 Å². The fourth-order valence-electron chi connectivity index (χ4n) is 9.85.